The van der Waals surface area contributed by atoms with Crippen LogP contribution in [0.5, 0.6) is 5.75 Å². The standard InChI is InChI=1S/C17H15NO4/c1-9(19)22-13-4-2-3-12(8-13)18-16(20)14-10-5-6-11(7-10)15(14)17(18)21/h2-6,8,10-11,14-15H,7H2,1H3/t10-,11-,14+,15+/m0/s1. The maximum atomic E-state index is 12.7. The summed E-state index contributed by atoms with van der Waals surface area (Å²) in [7, 11) is 0. The molecule has 5 heteroatoms. The SMILES string of the molecule is CC(=O)Oc1cccc(N2C(=O)[C@H]3[C@H](C2=O)[C@H]2C=C[C@H]3C2)c1. The van der Waals surface area contributed by atoms with Gasteiger partial charge in [0.15, 0.2) is 0 Å². The molecule has 4 rings (SSSR count). The second-order valence-electron chi connectivity index (χ2n) is 6.10. The van der Waals surface area contributed by atoms with Crippen LogP contribution in [0.15, 0.2) is 36.4 Å². The Morgan fingerprint density at radius 3 is 2.36 bits per heavy atom. The number of hydrogen-bond acceptors (Lipinski definition) is 4. The van der Waals surface area contributed by atoms with E-state index in [1.807, 2.05) is 0 Å². The number of carbonyl (C=O) groups is 3. The summed E-state index contributed by atoms with van der Waals surface area (Å²) in [6.45, 7) is 1.31. The van der Waals surface area contributed by atoms with Crippen LogP contribution in [0, 0.1) is 23.7 Å². The Labute approximate surface area is 127 Å². The van der Waals surface area contributed by atoms with Crippen LogP contribution in [-0.4, -0.2) is 17.8 Å². The van der Waals surface area contributed by atoms with Gasteiger partial charge in [0.05, 0.1) is 17.5 Å². The van der Waals surface area contributed by atoms with E-state index in [0.717, 1.165) is 6.42 Å². The molecule has 1 saturated heterocycles. The van der Waals surface area contributed by atoms with Crippen molar-refractivity contribution >= 4 is 23.5 Å². The van der Waals surface area contributed by atoms with E-state index in [1.54, 1.807) is 24.3 Å². The Morgan fingerprint density at radius 2 is 1.77 bits per heavy atom. The molecule has 3 aliphatic rings. The Morgan fingerprint density at radius 1 is 1.14 bits per heavy atom. The molecule has 22 heavy (non-hydrogen) atoms. The van der Waals surface area contributed by atoms with Gasteiger partial charge in [0.2, 0.25) is 11.8 Å². The van der Waals surface area contributed by atoms with Gasteiger partial charge in [-0.3, -0.25) is 14.4 Å². The first-order valence-corrected chi connectivity index (χ1v) is 7.41. The van der Waals surface area contributed by atoms with Gasteiger partial charge < -0.3 is 4.74 Å². The minimum atomic E-state index is -0.435. The van der Waals surface area contributed by atoms with E-state index in [-0.39, 0.29) is 35.5 Å². The summed E-state index contributed by atoms with van der Waals surface area (Å²) in [5.74, 6) is -0.432. The zero-order valence-corrected chi connectivity index (χ0v) is 12.1. The fourth-order valence-corrected chi connectivity index (χ4v) is 4.01. The number of allylic oxidation sites excluding steroid dienone is 2. The number of amides is 2. The zero-order chi connectivity index (χ0) is 15.4. The summed E-state index contributed by atoms with van der Waals surface area (Å²) in [6.07, 6.45) is 5.04. The molecule has 1 heterocycles. The predicted molar refractivity (Wildman–Crippen MR) is 78.0 cm³/mol. The number of esters is 1. The highest BCUT2D eigenvalue weighted by Crippen LogP contribution is 2.53. The second-order valence-corrected chi connectivity index (χ2v) is 6.10. The van der Waals surface area contributed by atoms with Gasteiger partial charge in [-0.2, -0.15) is 0 Å². The van der Waals surface area contributed by atoms with E-state index < -0.39 is 5.97 Å². The highest BCUT2D eigenvalue weighted by atomic mass is 16.5. The molecule has 5 nitrogen and oxygen atoms in total. The molecule has 4 atom stereocenters. The normalized spacial score (nSPS) is 31.8. The lowest BCUT2D eigenvalue weighted by atomic mass is 9.85. The first-order valence-electron chi connectivity index (χ1n) is 7.41. The number of rotatable bonds is 2. The third-order valence-electron chi connectivity index (χ3n) is 4.81. The molecule has 2 amide bonds. The monoisotopic (exact) mass is 297 g/mol. The van der Waals surface area contributed by atoms with Gasteiger partial charge >= 0.3 is 5.97 Å². The van der Waals surface area contributed by atoms with Crippen molar-refractivity contribution in [3.05, 3.63) is 36.4 Å². The van der Waals surface area contributed by atoms with Crippen molar-refractivity contribution in [2.45, 2.75) is 13.3 Å². The molecule has 2 aliphatic carbocycles. The highest BCUT2D eigenvalue weighted by Gasteiger charge is 2.59. The van der Waals surface area contributed by atoms with Crippen molar-refractivity contribution in [3.63, 3.8) is 0 Å². The van der Waals surface area contributed by atoms with E-state index in [1.165, 1.54) is 11.8 Å². The average molecular weight is 297 g/mol. The van der Waals surface area contributed by atoms with Crippen LogP contribution in [0.4, 0.5) is 5.69 Å². The molecule has 0 N–H and O–H groups in total. The lowest BCUT2D eigenvalue weighted by Gasteiger charge is -2.17. The maximum absolute atomic E-state index is 12.7. The number of carbonyl (C=O) groups excluding carboxylic acids is 3. The molecule has 112 valence electrons. The summed E-state index contributed by atoms with van der Waals surface area (Å²) in [4.78, 5) is 37.7. The molecule has 2 bridgehead atoms. The fraction of sp³-hybridized carbons (Fsp3) is 0.353. The van der Waals surface area contributed by atoms with Crippen molar-refractivity contribution in [1.82, 2.24) is 0 Å². The van der Waals surface area contributed by atoms with Gasteiger partial charge in [0, 0.05) is 13.0 Å². The van der Waals surface area contributed by atoms with Gasteiger partial charge in [-0.05, 0) is 30.4 Å². The quantitative estimate of drug-likeness (QED) is 0.362. The van der Waals surface area contributed by atoms with E-state index in [4.69, 9.17) is 4.74 Å². The van der Waals surface area contributed by atoms with E-state index >= 15 is 0 Å². The van der Waals surface area contributed by atoms with Crippen LogP contribution < -0.4 is 9.64 Å². The number of ether oxygens (including phenoxy) is 1. The summed E-state index contributed by atoms with van der Waals surface area (Å²) < 4.78 is 5.03. The van der Waals surface area contributed by atoms with Gasteiger partial charge in [0.25, 0.3) is 0 Å². The molecule has 0 aromatic heterocycles. The largest absolute Gasteiger partial charge is 0.427 e. The highest BCUT2D eigenvalue weighted by molar-refractivity contribution is 6.22. The maximum Gasteiger partial charge on any atom is 0.308 e. The minimum absolute atomic E-state index is 0.133. The number of nitrogens with zero attached hydrogens (tertiary/aromatic N) is 1. The molecular formula is C17H15NO4. The number of anilines is 1. The molecular weight excluding hydrogens is 282 g/mol. The lowest BCUT2D eigenvalue weighted by Crippen LogP contribution is -2.32. The van der Waals surface area contributed by atoms with E-state index in [2.05, 4.69) is 12.2 Å². The van der Waals surface area contributed by atoms with E-state index in [0.29, 0.717) is 11.4 Å². The molecule has 1 aromatic rings. The molecule has 1 saturated carbocycles. The Kier molecular flexibility index (Phi) is 2.73. The predicted octanol–water partition coefficient (Wildman–Crippen LogP) is 1.92. The molecule has 0 spiro atoms. The van der Waals surface area contributed by atoms with Crippen LogP contribution in [0.1, 0.15) is 13.3 Å². The Bertz CT molecular complexity index is 693. The van der Waals surface area contributed by atoms with Crippen molar-refractivity contribution < 1.29 is 19.1 Å². The van der Waals surface area contributed by atoms with Crippen molar-refractivity contribution in [2.75, 3.05) is 4.90 Å². The molecule has 1 aliphatic heterocycles. The van der Waals surface area contributed by atoms with Crippen LogP contribution in [0.25, 0.3) is 0 Å². The van der Waals surface area contributed by atoms with Gasteiger partial charge in [-0.15, -0.1) is 0 Å². The molecule has 0 unspecified atom stereocenters. The van der Waals surface area contributed by atoms with Crippen LogP contribution in [-0.2, 0) is 14.4 Å². The smallest absolute Gasteiger partial charge is 0.308 e. The number of benzene rings is 1. The minimum Gasteiger partial charge on any atom is -0.427 e. The fourth-order valence-electron chi connectivity index (χ4n) is 4.01. The number of hydrogen-bond donors (Lipinski definition) is 0. The van der Waals surface area contributed by atoms with Gasteiger partial charge in [-0.25, -0.2) is 4.90 Å². The van der Waals surface area contributed by atoms with Crippen LogP contribution >= 0.6 is 0 Å². The third kappa shape index (κ3) is 1.75. The molecule has 2 fully saturated rings. The topological polar surface area (TPSA) is 63.7 Å². The van der Waals surface area contributed by atoms with Gasteiger partial charge in [-0.1, -0.05) is 18.2 Å². The molecule has 0 radical (unpaired) electrons. The van der Waals surface area contributed by atoms with Crippen LogP contribution in [0.3, 0.4) is 0 Å². The summed E-state index contributed by atoms with van der Waals surface area (Å²) in [6, 6.07) is 6.56. The summed E-state index contributed by atoms with van der Waals surface area (Å²) in [5, 5.41) is 0. The second kappa shape index (κ2) is 4.53. The molecule has 1 aromatic carbocycles. The number of imide groups is 1. The first kappa shape index (κ1) is 13.2. The lowest BCUT2D eigenvalue weighted by molar-refractivity contribution is -0.132. The first-order chi connectivity index (χ1) is 10.6. The van der Waals surface area contributed by atoms with E-state index in [9.17, 15) is 14.4 Å². The Hall–Kier alpha value is -2.43. The van der Waals surface area contributed by atoms with Gasteiger partial charge in [0.1, 0.15) is 5.75 Å². The van der Waals surface area contributed by atoms with Crippen molar-refractivity contribution in [2.24, 2.45) is 23.7 Å². The van der Waals surface area contributed by atoms with Crippen molar-refractivity contribution in [1.29, 1.82) is 0 Å². The average Bonchev–Trinajstić information content (AvgIpc) is 3.12. The zero-order valence-electron chi connectivity index (χ0n) is 12.1. The van der Waals surface area contributed by atoms with Crippen molar-refractivity contribution in [3.8, 4) is 5.75 Å². The summed E-state index contributed by atoms with van der Waals surface area (Å²) >= 11 is 0. The third-order valence-corrected chi connectivity index (χ3v) is 4.81. The number of fused-ring (bicyclic) bond motifs is 5. The Balaban J connectivity index is 1.68. The van der Waals surface area contributed by atoms with Crippen LogP contribution in [0.2, 0.25) is 0 Å². The summed E-state index contributed by atoms with van der Waals surface area (Å²) in [5.41, 5.74) is 0.475.